The van der Waals surface area contributed by atoms with Crippen LogP contribution in [-0.4, -0.2) is 29.2 Å². The second kappa shape index (κ2) is 9.51. The summed E-state index contributed by atoms with van der Waals surface area (Å²) in [5, 5.41) is 3.00. The van der Waals surface area contributed by atoms with Crippen molar-refractivity contribution in [2.45, 2.75) is 19.5 Å². The highest BCUT2D eigenvalue weighted by Gasteiger charge is 2.18. The molecule has 32 heavy (non-hydrogen) atoms. The van der Waals surface area contributed by atoms with Crippen LogP contribution in [0.25, 0.3) is 11.0 Å². The van der Waals surface area contributed by atoms with Gasteiger partial charge in [-0.15, -0.1) is 0 Å². The number of nitrogens with zero attached hydrogens (tertiary/aromatic N) is 2. The minimum atomic E-state index is -0.399. The van der Waals surface area contributed by atoms with E-state index in [0.717, 1.165) is 22.2 Å². The molecule has 0 aliphatic carbocycles. The number of nitrogens with one attached hydrogen (secondary N) is 1. The standard InChI is InChI=1S/C25H24FN3O3/c1-17-7-12-23(24(13-17)31-2)32-15-25(30)28-21(18-8-10-19(26)11-9-18)14-29-16-27-20-5-3-4-6-22(20)29/h3-13,16,21H,14-15H2,1-2H3,(H,28,30). The van der Waals surface area contributed by atoms with Crippen LogP contribution in [0, 0.1) is 12.7 Å². The highest BCUT2D eigenvalue weighted by Crippen LogP contribution is 2.27. The Bertz CT molecular complexity index is 1220. The third-order valence-electron chi connectivity index (χ3n) is 5.19. The van der Waals surface area contributed by atoms with Crippen LogP contribution < -0.4 is 14.8 Å². The molecule has 1 N–H and O–H groups in total. The largest absolute Gasteiger partial charge is 0.493 e. The molecule has 0 spiro atoms. The van der Waals surface area contributed by atoms with Crippen LogP contribution >= 0.6 is 0 Å². The van der Waals surface area contributed by atoms with Gasteiger partial charge >= 0.3 is 0 Å². The van der Waals surface area contributed by atoms with E-state index in [9.17, 15) is 9.18 Å². The van der Waals surface area contributed by atoms with Crippen molar-refractivity contribution < 1.29 is 18.7 Å². The predicted octanol–water partition coefficient (Wildman–Crippen LogP) is 4.43. The molecule has 0 saturated heterocycles. The molecule has 0 radical (unpaired) electrons. The molecular formula is C25H24FN3O3. The van der Waals surface area contributed by atoms with Gasteiger partial charge in [-0.25, -0.2) is 9.37 Å². The van der Waals surface area contributed by atoms with Crippen molar-refractivity contribution in [1.29, 1.82) is 0 Å². The first kappa shape index (κ1) is 21.4. The van der Waals surface area contributed by atoms with Crippen molar-refractivity contribution in [3.05, 3.63) is 90.0 Å². The topological polar surface area (TPSA) is 65.4 Å². The molecule has 6 nitrogen and oxygen atoms in total. The number of hydrogen-bond acceptors (Lipinski definition) is 4. The van der Waals surface area contributed by atoms with Gasteiger partial charge in [0.15, 0.2) is 18.1 Å². The number of aromatic nitrogens is 2. The minimum absolute atomic E-state index is 0.179. The number of fused-ring (bicyclic) bond motifs is 1. The molecule has 1 amide bonds. The van der Waals surface area contributed by atoms with Crippen molar-refractivity contribution in [3.8, 4) is 11.5 Å². The lowest BCUT2D eigenvalue weighted by Gasteiger charge is -2.21. The number of benzene rings is 3. The van der Waals surface area contributed by atoms with Gasteiger partial charge in [-0.3, -0.25) is 4.79 Å². The molecule has 1 heterocycles. The molecule has 0 saturated carbocycles. The molecular weight excluding hydrogens is 409 g/mol. The third-order valence-corrected chi connectivity index (χ3v) is 5.19. The fourth-order valence-electron chi connectivity index (χ4n) is 3.56. The summed E-state index contributed by atoms with van der Waals surface area (Å²) in [6.45, 7) is 2.21. The normalized spacial score (nSPS) is 11.8. The molecule has 1 atom stereocenters. The maximum absolute atomic E-state index is 13.5. The quantitative estimate of drug-likeness (QED) is 0.447. The van der Waals surface area contributed by atoms with Gasteiger partial charge in [0.1, 0.15) is 5.82 Å². The average Bonchev–Trinajstić information content (AvgIpc) is 3.21. The van der Waals surface area contributed by atoms with Crippen molar-refractivity contribution in [2.75, 3.05) is 13.7 Å². The molecule has 1 aromatic heterocycles. The van der Waals surface area contributed by atoms with Crippen molar-refractivity contribution in [1.82, 2.24) is 14.9 Å². The SMILES string of the molecule is COc1cc(C)ccc1OCC(=O)NC(Cn1cnc2ccccc21)c1ccc(F)cc1. The summed E-state index contributed by atoms with van der Waals surface area (Å²) in [4.78, 5) is 17.2. The van der Waals surface area contributed by atoms with E-state index in [1.165, 1.54) is 12.1 Å². The van der Waals surface area contributed by atoms with Gasteiger partial charge in [0.2, 0.25) is 0 Å². The smallest absolute Gasteiger partial charge is 0.258 e. The second-order valence-electron chi connectivity index (χ2n) is 7.50. The molecule has 4 rings (SSSR count). The van der Waals surface area contributed by atoms with Crippen molar-refractivity contribution >= 4 is 16.9 Å². The fraction of sp³-hybridized carbons (Fsp3) is 0.200. The zero-order valence-electron chi connectivity index (χ0n) is 17.9. The van der Waals surface area contributed by atoms with Crippen LogP contribution in [0.5, 0.6) is 11.5 Å². The number of methoxy groups -OCH3 is 1. The molecule has 4 aromatic rings. The Labute approximate surface area is 185 Å². The maximum Gasteiger partial charge on any atom is 0.258 e. The molecule has 0 aliphatic rings. The van der Waals surface area contributed by atoms with E-state index >= 15 is 0 Å². The van der Waals surface area contributed by atoms with E-state index in [4.69, 9.17) is 9.47 Å². The first-order valence-electron chi connectivity index (χ1n) is 10.3. The second-order valence-corrected chi connectivity index (χ2v) is 7.50. The van der Waals surface area contributed by atoms with Gasteiger partial charge in [0, 0.05) is 6.54 Å². The number of carbonyl (C=O) groups excluding carboxylic acids is 1. The van der Waals surface area contributed by atoms with Crippen LogP contribution in [0.1, 0.15) is 17.2 Å². The summed E-state index contributed by atoms with van der Waals surface area (Å²) in [5.41, 5.74) is 3.63. The Hall–Kier alpha value is -3.87. The number of hydrogen-bond donors (Lipinski definition) is 1. The van der Waals surface area contributed by atoms with E-state index in [0.29, 0.717) is 18.0 Å². The average molecular weight is 433 g/mol. The fourth-order valence-corrected chi connectivity index (χ4v) is 3.56. The monoisotopic (exact) mass is 433 g/mol. The predicted molar refractivity (Wildman–Crippen MR) is 120 cm³/mol. The number of amides is 1. The first-order valence-corrected chi connectivity index (χ1v) is 10.3. The Kier molecular flexibility index (Phi) is 6.35. The summed E-state index contributed by atoms with van der Waals surface area (Å²) in [7, 11) is 1.56. The maximum atomic E-state index is 13.5. The number of halogens is 1. The highest BCUT2D eigenvalue weighted by atomic mass is 19.1. The summed E-state index contributed by atoms with van der Waals surface area (Å²) in [6, 6.07) is 19.0. The summed E-state index contributed by atoms with van der Waals surface area (Å²) < 4.78 is 26.5. The Morgan fingerprint density at radius 2 is 1.88 bits per heavy atom. The van der Waals surface area contributed by atoms with Crippen molar-refractivity contribution in [3.63, 3.8) is 0 Å². The molecule has 0 fully saturated rings. The van der Waals surface area contributed by atoms with E-state index in [1.807, 2.05) is 47.9 Å². The van der Waals surface area contributed by atoms with Crippen molar-refractivity contribution in [2.24, 2.45) is 0 Å². The van der Waals surface area contributed by atoms with Gasteiger partial charge in [0.05, 0.1) is 30.5 Å². The van der Waals surface area contributed by atoms with Crippen LogP contribution in [-0.2, 0) is 11.3 Å². The van der Waals surface area contributed by atoms with Gasteiger partial charge in [-0.05, 0) is 54.4 Å². The van der Waals surface area contributed by atoms with E-state index in [2.05, 4.69) is 10.3 Å². The van der Waals surface area contributed by atoms with Crippen LogP contribution in [0.2, 0.25) is 0 Å². The molecule has 0 bridgehead atoms. The van der Waals surface area contributed by atoms with Crippen LogP contribution in [0.4, 0.5) is 4.39 Å². The molecule has 164 valence electrons. The molecule has 0 aliphatic heterocycles. The van der Waals surface area contributed by atoms with Crippen LogP contribution in [0.3, 0.4) is 0 Å². The summed E-state index contributed by atoms with van der Waals surface area (Å²) in [5.74, 6) is 0.429. The highest BCUT2D eigenvalue weighted by molar-refractivity contribution is 5.78. The summed E-state index contributed by atoms with van der Waals surface area (Å²) >= 11 is 0. The van der Waals surface area contributed by atoms with E-state index in [1.54, 1.807) is 31.6 Å². The third kappa shape index (κ3) is 4.88. The number of rotatable bonds is 8. The Morgan fingerprint density at radius 1 is 1.09 bits per heavy atom. The van der Waals surface area contributed by atoms with E-state index in [-0.39, 0.29) is 18.3 Å². The van der Waals surface area contributed by atoms with Gasteiger partial charge in [0.25, 0.3) is 5.91 Å². The number of para-hydroxylation sites is 2. The molecule has 3 aromatic carbocycles. The van der Waals surface area contributed by atoms with Gasteiger partial charge in [-0.1, -0.05) is 30.3 Å². The van der Waals surface area contributed by atoms with Crippen LogP contribution in [0.15, 0.2) is 73.1 Å². The number of aryl methyl sites for hydroxylation is 1. The first-order chi connectivity index (χ1) is 15.5. The minimum Gasteiger partial charge on any atom is -0.493 e. The van der Waals surface area contributed by atoms with Gasteiger partial charge in [-0.2, -0.15) is 0 Å². The Balaban J connectivity index is 1.51. The van der Waals surface area contributed by atoms with Gasteiger partial charge < -0.3 is 19.4 Å². The number of imidazole rings is 1. The number of carbonyl (C=O) groups is 1. The zero-order chi connectivity index (χ0) is 22.5. The lowest BCUT2D eigenvalue weighted by atomic mass is 10.1. The summed E-state index contributed by atoms with van der Waals surface area (Å²) in [6.07, 6.45) is 1.74. The Morgan fingerprint density at radius 3 is 2.66 bits per heavy atom. The molecule has 1 unspecified atom stereocenters. The van der Waals surface area contributed by atoms with E-state index < -0.39 is 6.04 Å². The molecule has 7 heteroatoms. The lowest BCUT2D eigenvalue weighted by molar-refractivity contribution is -0.124. The number of ether oxygens (including phenoxy) is 2. The lowest BCUT2D eigenvalue weighted by Crippen LogP contribution is -2.34. The zero-order valence-corrected chi connectivity index (χ0v) is 17.9.